The van der Waals surface area contributed by atoms with Crippen molar-refractivity contribution in [1.82, 2.24) is 0 Å². The highest BCUT2D eigenvalue weighted by Crippen LogP contribution is 2.59. The van der Waals surface area contributed by atoms with Crippen molar-refractivity contribution in [3.63, 3.8) is 0 Å². The molecule has 0 amide bonds. The minimum atomic E-state index is -0.438. The molecule has 0 saturated heterocycles. The lowest BCUT2D eigenvalue weighted by Gasteiger charge is -2.34. The third-order valence-electron chi connectivity index (χ3n) is 10.4. The summed E-state index contributed by atoms with van der Waals surface area (Å²) in [7, 11) is 0. The summed E-state index contributed by atoms with van der Waals surface area (Å²) in [6.07, 6.45) is 0. The van der Waals surface area contributed by atoms with Gasteiger partial charge in [0.2, 0.25) is 0 Å². The van der Waals surface area contributed by atoms with Crippen molar-refractivity contribution in [2.24, 2.45) is 0 Å². The Morgan fingerprint density at radius 2 is 0.958 bits per heavy atom. The first kappa shape index (κ1) is 27.0. The molecule has 0 unspecified atom stereocenters. The molecule has 8 aromatic carbocycles. The highest BCUT2D eigenvalue weighted by Gasteiger charge is 2.46. The largest absolute Gasteiger partial charge is 0.456 e. The number of fused-ring (bicyclic) bond motifs is 5. The van der Waals surface area contributed by atoms with Crippen LogP contribution in [0.4, 0.5) is 0 Å². The van der Waals surface area contributed by atoms with E-state index in [1.807, 2.05) is 0 Å². The van der Waals surface area contributed by atoms with Gasteiger partial charge in [-0.2, -0.15) is 0 Å². The van der Waals surface area contributed by atoms with Crippen molar-refractivity contribution in [1.29, 1.82) is 0 Å². The maximum absolute atomic E-state index is 6.63. The molecule has 0 atom stereocenters. The normalized spacial score (nSPS) is 13.3. The Morgan fingerprint density at radius 3 is 1.73 bits per heavy atom. The van der Waals surface area contributed by atoms with Gasteiger partial charge < -0.3 is 4.74 Å². The summed E-state index contributed by atoms with van der Waals surface area (Å²) in [4.78, 5) is 0. The van der Waals surface area contributed by atoms with Crippen LogP contribution in [0.3, 0.4) is 0 Å². The van der Waals surface area contributed by atoms with Crippen LogP contribution in [-0.2, 0) is 5.41 Å². The van der Waals surface area contributed by atoms with Gasteiger partial charge in [-0.25, -0.2) is 0 Å². The fraction of sp³-hybridized carbons (Fsp3) is 0.0213. The molecule has 1 heterocycles. The SMILES string of the molecule is c1ccc(-c2ccc3c(c2)-c2cccc4c(-c5cccc6c5-c5ccccc5C6(c5ccccc5)c5ccccc5)ccc(c24)O3)cc1. The quantitative estimate of drug-likeness (QED) is 0.193. The highest BCUT2D eigenvalue weighted by molar-refractivity contribution is 6.12. The molecule has 1 nitrogen and oxygen atoms in total. The molecule has 1 heteroatoms. The number of benzene rings is 8. The topological polar surface area (TPSA) is 9.23 Å². The summed E-state index contributed by atoms with van der Waals surface area (Å²) < 4.78 is 6.63. The smallest absolute Gasteiger partial charge is 0.135 e. The lowest BCUT2D eigenvalue weighted by molar-refractivity contribution is 0.487. The molecule has 0 spiro atoms. The van der Waals surface area contributed by atoms with E-state index in [4.69, 9.17) is 4.74 Å². The minimum Gasteiger partial charge on any atom is -0.456 e. The summed E-state index contributed by atoms with van der Waals surface area (Å²) in [5.74, 6) is 1.80. The zero-order valence-electron chi connectivity index (χ0n) is 26.2. The van der Waals surface area contributed by atoms with Gasteiger partial charge in [0.25, 0.3) is 0 Å². The Hall–Kier alpha value is -6.18. The molecule has 1 aliphatic heterocycles. The predicted octanol–water partition coefficient (Wildman–Crippen LogP) is 12.3. The van der Waals surface area contributed by atoms with Gasteiger partial charge in [-0.1, -0.05) is 164 Å². The monoisotopic (exact) mass is 610 g/mol. The fourth-order valence-electron chi connectivity index (χ4n) is 8.39. The van der Waals surface area contributed by atoms with Gasteiger partial charge in [-0.3, -0.25) is 0 Å². The lowest BCUT2D eigenvalue weighted by atomic mass is 9.67. The van der Waals surface area contributed by atoms with E-state index < -0.39 is 5.41 Å². The van der Waals surface area contributed by atoms with E-state index in [2.05, 4.69) is 182 Å². The molecular formula is C47H30O. The molecule has 0 fully saturated rings. The van der Waals surface area contributed by atoms with Crippen LogP contribution in [0.2, 0.25) is 0 Å². The van der Waals surface area contributed by atoms with Crippen molar-refractivity contribution >= 4 is 10.8 Å². The van der Waals surface area contributed by atoms with E-state index >= 15 is 0 Å². The standard InChI is InChI=1S/C47H30O/c1-4-14-31(15-5-1)32-26-28-43-40(30-32)38-22-12-21-37-35(27-29-44(48-43)46(37)38)36-23-13-25-42-45(36)39-20-10-11-24-41(39)47(42,33-16-6-2-7-17-33)34-18-8-3-9-19-34/h1-30H. The Balaban J connectivity index is 1.24. The third-order valence-corrected chi connectivity index (χ3v) is 10.4. The van der Waals surface area contributed by atoms with Gasteiger partial charge in [-0.15, -0.1) is 0 Å². The van der Waals surface area contributed by atoms with Gasteiger partial charge in [0, 0.05) is 10.9 Å². The molecule has 10 rings (SSSR count). The molecule has 0 aromatic heterocycles. The second kappa shape index (κ2) is 10.4. The van der Waals surface area contributed by atoms with Crippen molar-refractivity contribution in [3.8, 4) is 56.0 Å². The van der Waals surface area contributed by atoms with Crippen molar-refractivity contribution in [2.75, 3.05) is 0 Å². The molecule has 0 radical (unpaired) electrons. The van der Waals surface area contributed by atoms with Crippen LogP contribution < -0.4 is 4.74 Å². The van der Waals surface area contributed by atoms with Gasteiger partial charge >= 0.3 is 0 Å². The molecular weight excluding hydrogens is 581 g/mol. The summed E-state index contributed by atoms with van der Waals surface area (Å²) in [5.41, 5.74) is 14.5. The molecule has 48 heavy (non-hydrogen) atoms. The van der Waals surface area contributed by atoms with Gasteiger partial charge in [0.05, 0.1) is 5.41 Å². The summed E-state index contributed by atoms with van der Waals surface area (Å²) >= 11 is 0. The van der Waals surface area contributed by atoms with Crippen LogP contribution in [0, 0.1) is 0 Å². The number of hydrogen-bond donors (Lipinski definition) is 0. The zero-order chi connectivity index (χ0) is 31.7. The first-order valence-electron chi connectivity index (χ1n) is 16.6. The van der Waals surface area contributed by atoms with E-state index in [0.29, 0.717) is 0 Å². The van der Waals surface area contributed by atoms with Crippen molar-refractivity contribution < 1.29 is 4.74 Å². The van der Waals surface area contributed by atoms with E-state index in [0.717, 1.165) is 22.4 Å². The van der Waals surface area contributed by atoms with Crippen LogP contribution >= 0.6 is 0 Å². The van der Waals surface area contributed by atoms with Gasteiger partial charge in [0.1, 0.15) is 11.5 Å². The number of ether oxygens (including phenoxy) is 1. The molecule has 2 aliphatic rings. The summed E-state index contributed by atoms with van der Waals surface area (Å²) in [5, 5.41) is 2.36. The Morgan fingerprint density at radius 1 is 0.354 bits per heavy atom. The number of rotatable bonds is 4. The van der Waals surface area contributed by atoms with Gasteiger partial charge in [-0.05, 0) is 84.8 Å². The molecule has 1 aliphatic carbocycles. The zero-order valence-corrected chi connectivity index (χ0v) is 26.2. The number of hydrogen-bond acceptors (Lipinski definition) is 1. The van der Waals surface area contributed by atoms with Crippen LogP contribution in [0.15, 0.2) is 182 Å². The van der Waals surface area contributed by atoms with Crippen LogP contribution in [0.25, 0.3) is 55.3 Å². The molecule has 0 saturated carbocycles. The summed E-state index contributed by atoms with van der Waals surface area (Å²) in [6.45, 7) is 0. The van der Waals surface area contributed by atoms with Crippen LogP contribution in [0.5, 0.6) is 11.5 Å². The van der Waals surface area contributed by atoms with Crippen LogP contribution in [-0.4, -0.2) is 0 Å². The fourth-order valence-corrected chi connectivity index (χ4v) is 8.39. The van der Waals surface area contributed by atoms with E-state index in [1.54, 1.807) is 0 Å². The van der Waals surface area contributed by atoms with Crippen molar-refractivity contribution in [2.45, 2.75) is 5.41 Å². The molecule has 8 aromatic rings. The first-order chi connectivity index (χ1) is 23.8. The van der Waals surface area contributed by atoms with E-state index in [-0.39, 0.29) is 0 Å². The predicted molar refractivity (Wildman–Crippen MR) is 198 cm³/mol. The first-order valence-corrected chi connectivity index (χ1v) is 16.6. The Kier molecular flexibility index (Phi) is 5.86. The molecule has 224 valence electrons. The average Bonchev–Trinajstić information content (AvgIpc) is 3.47. The Bertz CT molecular complexity index is 2470. The van der Waals surface area contributed by atoms with Gasteiger partial charge in [0.15, 0.2) is 0 Å². The second-order valence-corrected chi connectivity index (χ2v) is 12.8. The highest BCUT2D eigenvalue weighted by atomic mass is 16.5. The average molecular weight is 611 g/mol. The maximum Gasteiger partial charge on any atom is 0.135 e. The van der Waals surface area contributed by atoms with E-state index in [9.17, 15) is 0 Å². The Labute approximate surface area is 280 Å². The lowest BCUT2D eigenvalue weighted by Crippen LogP contribution is -2.28. The molecule has 0 N–H and O–H groups in total. The van der Waals surface area contributed by atoms with E-state index in [1.165, 1.54) is 66.6 Å². The maximum atomic E-state index is 6.63. The minimum absolute atomic E-state index is 0.438. The second-order valence-electron chi connectivity index (χ2n) is 12.8. The third kappa shape index (κ3) is 3.73. The summed E-state index contributed by atoms with van der Waals surface area (Å²) in [6, 6.07) is 66.1. The van der Waals surface area contributed by atoms with Crippen LogP contribution in [0.1, 0.15) is 22.3 Å². The van der Waals surface area contributed by atoms with Crippen molar-refractivity contribution in [3.05, 3.63) is 204 Å². The molecule has 0 bridgehead atoms.